The highest BCUT2D eigenvalue weighted by Gasteiger charge is 2.29. The molecule has 0 amide bonds. The molecule has 0 spiro atoms. The monoisotopic (exact) mass is 210 g/mol. The number of Topliss-reactive ketones (excluding diaryl/α,β-unsaturated/α-hetero) is 1. The molecule has 4 nitrogen and oxygen atoms in total. The highest BCUT2D eigenvalue weighted by molar-refractivity contribution is 6.25. The maximum Gasteiger partial charge on any atom is 0.206 e. The number of aromatic nitrogens is 2. The third-order valence-corrected chi connectivity index (χ3v) is 3.14. The van der Waals surface area contributed by atoms with Crippen LogP contribution in [0.5, 0.6) is 0 Å². The molecule has 1 aliphatic rings. The first kappa shape index (κ1) is 7.98. The van der Waals surface area contributed by atoms with Gasteiger partial charge in [0.05, 0.1) is 11.1 Å². The van der Waals surface area contributed by atoms with Crippen molar-refractivity contribution in [2.45, 2.75) is 6.92 Å². The molecule has 0 saturated carbocycles. The van der Waals surface area contributed by atoms with Crippen molar-refractivity contribution in [1.29, 1.82) is 0 Å². The molecule has 0 fully saturated rings. The standard InChI is InChI=1S/C12H6N2O2/c1-5-2-9(15)6-3-8-10-7(13-10)4-14(8)11(6)12(5)16/h2-4H,1H3. The van der Waals surface area contributed by atoms with Crippen LogP contribution < -0.4 is 0 Å². The van der Waals surface area contributed by atoms with Crippen LogP contribution >= 0.6 is 0 Å². The quantitative estimate of drug-likeness (QED) is 0.567. The summed E-state index contributed by atoms with van der Waals surface area (Å²) in [5.41, 5.74) is 4.18. The molecule has 0 radical (unpaired) electrons. The molecular formula is C12H6N2O2. The molecule has 1 aliphatic carbocycles. The van der Waals surface area contributed by atoms with Crippen molar-refractivity contribution < 1.29 is 9.59 Å². The number of hydrogen-bond acceptors (Lipinski definition) is 3. The number of allylic oxidation sites excluding steroid dienone is 2. The van der Waals surface area contributed by atoms with Crippen LogP contribution in [0.3, 0.4) is 0 Å². The zero-order chi connectivity index (χ0) is 11.0. The Balaban J connectivity index is 2.18. The number of fused-ring (bicyclic) bond motifs is 5. The first-order valence-corrected chi connectivity index (χ1v) is 5.00. The van der Waals surface area contributed by atoms with E-state index in [1.807, 2.05) is 6.20 Å². The molecular weight excluding hydrogens is 204 g/mol. The fourth-order valence-corrected chi connectivity index (χ4v) is 2.28. The Morgan fingerprint density at radius 3 is 2.94 bits per heavy atom. The molecule has 0 saturated heterocycles. The molecule has 0 N–H and O–H groups in total. The summed E-state index contributed by atoms with van der Waals surface area (Å²) in [5, 5.41) is 0. The summed E-state index contributed by atoms with van der Waals surface area (Å²) in [6, 6.07) is 1.76. The van der Waals surface area contributed by atoms with Crippen LogP contribution in [0.25, 0.3) is 16.6 Å². The average molecular weight is 210 g/mol. The van der Waals surface area contributed by atoms with Crippen LogP contribution in [0.4, 0.5) is 0 Å². The van der Waals surface area contributed by atoms with E-state index in [9.17, 15) is 9.59 Å². The first-order chi connectivity index (χ1) is 7.66. The van der Waals surface area contributed by atoms with Crippen molar-refractivity contribution in [1.82, 2.24) is 9.38 Å². The SMILES string of the molecule is CC1=CC(=O)c2cc3c4nc4cn3c2C1=O. The predicted octanol–water partition coefficient (Wildman–Crippen LogP) is 1.69. The Kier molecular flexibility index (Phi) is 1.07. The maximum absolute atomic E-state index is 12.0. The van der Waals surface area contributed by atoms with E-state index in [1.165, 1.54) is 6.08 Å². The Labute approximate surface area is 89.9 Å². The van der Waals surface area contributed by atoms with Crippen molar-refractivity contribution in [2.75, 3.05) is 0 Å². The van der Waals surface area contributed by atoms with E-state index in [-0.39, 0.29) is 11.6 Å². The third-order valence-electron chi connectivity index (χ3n) is 3.14. The van der Waals surface area contributed by atoms with Crippen LogP contribution in [-0.4, -0.2) is 21.0 Å². The van der Waals surface area contributed by atoms with Gasteiger partial charge in [0.25, 0.3) is 0 Å². The summed E-state index contributed by atoms with van der Waals surface area (Å²) >= 11 is 0. The lowest BCUT2D eigenvalue weighted by Crippen LogP contribution is -2.15. The van der Waals surface area contributed by atoms with Crippen molar-refractivity contribution in [3.8, 4) is 0 Å². The second-order valence-electron chi connectivity index (χ2n) is 4.16. The van der Waals surface area contributed by atoms with Crippen molar-refractivity contribution >= 4 is 28.1 Å². The van der Waals surface area contributed by atoms with E-state index in [0.29, 0.717) is 16.8 Å². The molecule has 4 heteroatoms. The van der Waals surface area contributed by atoms with Gasteiger partial charge in [-0.2, -0.15) is 0 Å². The first-order valence-electron chi connectivity index (χ1n) is 5.00. The molecule has 16 heavy (non-hydrogen) atoms. The molecule has 0 aromatic carbocycles. The molecule has 0 bridgehead atoms. The molecule has 3 aromatic heterocycles. The van der Waals surface area contributed by atoms with Gasteiger partial charge in [0.15, 0.2) is 5.78 Å². The number of nitrogens with zero attached hydrogens (tertiary/aromatic N) is 2. The number of ketones is 2. The molecule has 76 valence electrons. The minimum absolute atomic E-state index is 0.0698. The third kappa shape index (κ3) is 0.713. The maximum atomic E-state index is 12.0. The number of hydrogen-bond donors (Lipinski definition) is 0. The van der Waals surface area contributed by atoms with Gasteiger partial charge in [0.1, 0.15) is 16.7 Å². The number of carbonyl (C=O) groups is 2. The van der Waals surface area contributed by atoms with Gasteiger partial charge in [0.2, 0.25) is 5.78 Å². The highest BCUT2D eigenvalue weighted by atomic mass is 16.1. The van der Waals surface area contributed by atoms with Gasteiger partial charge >= 0.3 is 0 Å². The van der Waals surface area contributed by atoms with E-state index in [4.69, 9.17) is 0 Å². The van der Waals surface area contributed by atoms with E-state index >= 15 is 0 Å². The number of rotatable bonds is 0. The summed E-state index contributed by atoms with van der Waals surface area (Å²) in [5.74, 6) is -0.162. The number of carbonyl (C=O) groups excluding carboxylic acids is 2. The fourth-order valence-electron chi connectivity index (χ4n) is 2.28. The van der Waals surface area contributed by atoms with Crippen LogP contribution in [0, 0.1) is 0 Å². The Morgan fingerprint density at radius 1 is 1.31 bits per heavy atom. The Hall–Kier alpha value is -2.23. The van der Waals surface area contributed by atoms with E-state index in [0.717, 1.165) is 16.6 Å². The molecule has 0 unspecified atom stereocenters. The van der Waals surface area contributed by atoms with Gasteiger partial charge in [-0.3, -0.25) is 9.59 Å². The van der Waals surface area contributed by atoms with E-state index in [2.05, 4.69) is 4.98 Å². The lowest BCUT2D eigenvalue weighted by Gasteiger charge is -2.08. The second-order valence-corrected chi connectivity index (χ2v) is 4.16. The molecule has 0 atom stereocenters. The fraction of sp³-hybridized carbons (Fsp3) is 0.0833. The van der Waals surface area contributed by atoms with Crippen LogP contribution in [0.1, 0.15) is 27.8 Å². The summed E-state index contributed by atoms with van der Waals surface area (Å²) in [7, 11) is 0. The Morgan fingerprint density at radius 2 is 2.12 bits per heavy atom. The second kappa shape index (κ2) is 2.14. The Bertz CT molecular complexity index is 794. The van der Waals surface area contributed by atoms with Crippen LogP contribution in [0.2, 0.25) is 0 Å². The summed E-state index contributed by atoms with van der Waals surface area (Å²) in [6.07, 6.45) is 3.22. The topological polar surface area (TPSA) is 51.4 Å². The lowest BCUT2D eigenvalue weighted by molar-refractivity contribution is 0.0981. The predicted molar refractivity (Wildman–Crippen MR) is 57.5 cm³/mol. The van der Waals surface area contributed by atoms with Crippen LogP contribution in [0.15, 0.2) is 23.9 Å². The highest BCUT2D eigenvalue weighted by Crippen LogP contribution is 2.32. The summed E-state index contributed by atoms with van der Waals surface area (Å²) in [4.78, 5) is 27.9. The van der Waals surface area contributed by atoms with Crippen molar-refractivity contribution in [3.05, 3.63) is 35.2 Å². The summed E-state index contributed by atoms with van der Waals surface area (Å²) < 4.78 is 1.78. The van der Waals surface area contributed by atoms with E-state index in [1.54, 1.807) is 17.4 Å². The summed E-state index contributed by atoms with van der Waals surface area (Å²) in [6.45, 7) is 1.67. The molecule has 0 aliphatic heterocycles. The van der Waals surface area contributed by atoms with Gasteiger partial charge in [-0.1, -0.05) is 0 Å². The minimum Gasteiger partial charge on any atom is -0.309 e. The average Bonchev–Trinajstić information content (AvgIpc) is 2.76. The zero-order valence-corrected chi connectivity index (χ0v) is 8.44. The largest absolute Gasteiger partial charge is 0.309 e. The van der Waals surface area contributed by atoms with Gasteiger partial charge in [-0.25, -0.2) is 4.98 Å². The van der Waals surface area contributed by atoms with Gasteiger partial charge in [-0.05, 0) is 19.1 Å². The van der Waals surface area contributed by atoms with Crippen molar-refractivity contribution in [3.63, 3.8) is 0 Å². The lowest BCUT2D eigenvalue weighted by atomic mass is 9.96. The zero-order valence-electron chi connectivity index (χ0n) is 8.44. The van der Waals surface area contributed by atoms with E-state index < -0.39 is 0 Å². The van der Waals surface area contributed by atoms with Crippen LogP contribution in [-0.2, 0) is 0 Å². The minimum atomic E-state index is -0.0924. The molecule has 3 aromatic rings. The molecule has 3 heterocycles. The van der Waals surface area contributed by atoms with Crippen molar-refractivity contribution in [2.24, 2.45) is 0 Å². The van der Waals surface area contributed by atoms with Gasteiger partial charge in [-0.15, -0.1) is 0 Å². The molecule has 4 rings (SSSR count). The van der Waals surface area contributed by atoms with Gasteiger partial charge < -0.3 is 4.40 Å². The normalized spacial score (nSPS) is 16.4. The van der Waals surface area contributed by atoms with Gasteiger partial charge in [0, 0.05) is 11.8 Å². The smallest absolute Gasteiger partial charge is 0.206 e.